The molecule has 3 nitrogen and oxygen atoms in total. The van der Waals surface area contributed by atoms with E-state index in [0.29, 0.717) is 12.3 Å². The van der Waals surface area contributed by atoms with Crippen LogP contribution in [0.1, 0.15) is 38.7 Å². The third-order valence-electron chi connectivity index (χ3n) is 4.23. The first-order valence-corrected chi connectivity index (χ1v) is 7.44. The number of carbonyl (C=O) groups is 1. The molecule has 1 amide bonds. The predicted molar refractivity (Wildman–Crippen MR) is 81.7 cm³/mol. The van der Waals surface area contributed by atoms with Gasteiger partial charge in [0.1, 0.15) is 0 Å². The summed E-state index contributed by atoms with van der Waals surface area (Å²) in [4.78, 5) is 15.2. The number of H-pyrrole nitrogens is 1. The molecule has 3 rings (SSSR count). The van der Waals surface area contributed by atoms with Crippen LogP contribution in [0.25, 0.3) is 10.9 Å². The molecule has 106 valence electrons. The van der Waals surface area contributed by atoms with Crippen LogP contribution in [0, 0.1) is 5.92 Å². The number of benzene rings is 1. The van der Waals surface area contributed by atoms with Crippen LogP contribution in [0.3, 0.4) is 0 Å². The minimum Gasteiger partial charge on any atom is -0.361 e. The van der Waals surface area contributed by atoms with Gasteiger partial charge in [-0.1, -0.05) is 32.0 Å². The van der Waals surface area contributed by atoms with Gasteiger partial charge in [0.15, 0.2) is 0 Å². The average molecular weight is 270 g/mol. The maximum atomic E-state index is 11.8. The highest BCUT2D eigenvalue weighted by Gasteiger charge is 2.45. The Bertz CT molecular complexity index is 623. The molecule has 2 aromatic rings. The summed E-state index contributed by atoms with van der Waals surface area (Å²) in [5.74, 6) is 0.587. The van der Waals surface area contributed by atoms with E-state index in [4.69, 9.17) is 0 Å². The van der Waals surface area contributed by atoms with E-state index < -0.39 is 0 Å². The molecule has 1 fully saturated rings. The topological polar surface area (TPSA) is 44.9 Å². The number of nitrogens with one attached hydrogen (secondary N) is 2. The van der Waals surface area contributed by atoms with Crippen molar-refractivity contribution in [2.75, 3.05) is 6.54 Å². The molecule has 3 heteroatoms. The van der Waals surface area contributed by atoms with Crippen molar-refractivity contribution < 1.29 is 4.79 Å². The van der Waals surface area contributed by atoms with E-state index in [2.05, 4.69) is 48.5 Å². The molecule has 1 saturated carbocycles. The number of hydrogen-bond acceptors (Lipinski definition) is 1. The molecular formula is C17H22N2O. The first-order valence-electron chi connectivity index (χ1n) is 7.44. The van der Waals surface area contributed by atoms with Crippen molar-refractivity contribution >= 4 is 16.8 Å². The molecule has 0 spiro atoms. The van der Waals surface area contributed by atoms with Gasteiger partial charge in [-0.3, -0.25) is 4.79 Å². The minimum atomic E-state index is 0.159. The second-order valence-corrected chi connectivity index (χ2v) is 6.40. The predicted octanol–water partition coefficient (Wildman–Crippen LogP) is 3.36. The Morgan fingerprint density at radius 1 is 1.35 bits per heavy atom. The van der Waals surface area contributed by atoms with Gasteiger partial charge < -0.3 is 10.3 Å². The fourth-order valence-corrected chi connectivity index (χ4v) is 2.91. The Labute approximate surface area is 119 Å². The maximum absolute atomic E-state index is 11.8. The maximum Gasteiger partial charge on any atom is 0.220 e. The second-order valence-electron chi connectivity index (χ2n) is 6.40. The average Bonchev–Trinajstić information content (AvgIpc) is 3.07. The summed E-state index contributed by atoms with van der Waals surface area (Å²) in [6.45, 7) is 4.92. The van der Waals surface area contributed by atoms with E-state index in [9.17, 15) is 4.79 Å². The largest absolute Gasteiger partial charge is 0.361 e. The summed E-state index contributed by atoms with van der Waals surface area (Å²) in [7, 11) is 0. The molecule has 2 N–H and O–H groups in total. The lowest BCUT2D eigenvalue weighted by atomic mass is 9.95. The summed E-state index contributed by atoms with van der Waals surface area (Å²) >= 11 is 0. The zero-order valence-electron chi connectivity index (χ0n) is 12.2. The van der Waals surface area contributed by atoms with Gasteiger partial charge in [0.25, 0.3) is 0 Å². The molecule has 0 bridgehead atoms. The van der Waals surface area contributed by atoms with E-state index in [1.807, 2.05) is 6.07 Å². The molecule has 1 aromatic carbocycles. The molecule has 0 aliphatic heterocycles. The van der Waals surface area contributed by atoms with Crippen molar-refractivity contribution in [3.8, 4) is 0 Å². The van der Waals surface area contributed by atoms with E-state index in [-0.39, 0.29) is 11.3 Å². The van der Waals surface area contributed by atoms with Crippen molar-refractivity contribution in [2.45, 2.75) is 38.5 Å². The van der Waals surface area contributed by atoms with Crippen LogP contribution in [-0.4, -0.2) is 17.4 Å². The number of para-hydroxylation sites is 1. The molecule has 0 atom stereocenters. The lowest BCUT2D eigenvalue weighted by Crippen LogP contribution is -2.32. The Morgan fingerprint density at radius 3 is 2.80 bits per heavy atom. The number of aromatic amines is 1. The highest BCUT2D eigenvalue weighted by atomic mass is 16.1. The standard InChI is InChI=1S/C17H22N2O/c1-12(2)9-16(20)19-11-17(7-8-17)14-10-18-15-6-4-3-5-13(14)15/h3-6,10,12,18H,7-9,11H2,1-2H3,(H,19,20). The Morgan fingerprint density at radius 2 is 2.10 bits per heavy atom. The first-order chi connectivity index (χ1) is 9.61. The van der Waals surface area contributed by atoms with Crippen LogP contribution in [-0.2, 0) is 10.2 Å². The molecular weight excluding hydrogens is 248 g/mol. The van der Waals surface area contributed by atoms with Gasteiger partial charge in [-0.05, 0) is 30.4 Å². The molecule has 0 unspecified atom stereocenters. The van der Waals surface area contributed by atoms with Gasteiger partial charge in [-0.25, -0.2) is 0 Å². The smallest absolute Gasteiger partial charge is 0.220 e. The number of amides is 1. The van der Waals surface area contributed by atoms with Crippen LogP contribution in [0.5, 0.6) is 0 Å². The highest BCUT2D eigenvalue weighted by Crippen LogP contribution is 2.49. The van der Waals surface area contributed by atoms with Crippen molar-refractivity contribution in [3.05, 3.63) is 36.0 Å². The molecule has 0 saturated heterocycles. The van der Waals surface area contributed by atoms with E-state index >= 15 is 0 Å². The molecule has 20 heavy (non-hydrogen) atoms. The number of carbonyl (C=O) groups excluding carboxylic acids is 1. The normalized spacial score (nSPS) is 16.6. The van der Waals surface area contributed by atoms with Gasteiger partial charge >= 0.3 is 0 Å². The number of aromatic nitrogens is 1. The summed E-state index contributed by atoms with van der Waals surface area (Å²) in [5.41, 5.74) is 2.70. The summed E-state index contributed by atoms with van der Waals surface area (Å²) < 4.78 is 0. The van der Waals surface area contributed by atoms with Crippen LogP contribution >= 0.6 is 0 Å². The van der Waals surface area contributed by atoms with Crippen LogP contribution in [0.15, 0.2) is 30.5 Å². The lowest BCUT2D eigenvalue weighted by Gasteiger charge is -2.16. The van der Waals surface area contributed by atoms with E-state index in [1.54, 1.807) is 0 Å². The van der Waals surface area contributed by atoms with Crippen LogP contribution < -0.4 is 5.32 Å². The number of fused-ring (bicyclic) bond motifs is 1. The molecule has 1 aliphatic carbocycles. The van der Waals surface area contributed by atoms with Crippen LogP contribution in [0.4, 0.5) is 0 Å². The van der Waals surface area contributed by atoms with E-state index in [1.165, 1.54) is 16.5 Å². The molecule has 1 aromatic heterocycles. The van der Waals surface area contributed by atoms with Crippen molar-refractivity contribution in [3.63, 3.8) is 0 Å². The summed E-state index contributed by atoms with van der Waals surface area (Å²) in [6, 6.07) is 8.39. The van der Waals surface area contributed by atoms with Gasteiger partial charge in [-0.15, -0.1) is 0 Å². The van der Waals surface area contributed by atoms with E-state index in [0.717, 1.165) is 19.4 Å². The Hall–Kier alpha value is -1.77. The fourth-order valence-electron chi connectivity index (χ4n) is 2.91. The molecule has 1 aliphatic rings. The number of rotatable bonds is 5. The SMILES string of the molecule is CC(C)CC(=O)NCC1(c2c[nH]c3ccccc23)CC1. The fraction of sp³-hybridized carbons (Fsp3) is 0.471. The minimum absolute atomic E-state index is 0.159. The van der Waals surface area contributed by atoms with Crippen molar-refractivity contribution in [1.82, 2.24) is 10.3 Å². The zero-order chi connectivity index (χ0) is 14.2. The summed E-state index contributed by atoms with van der Waals surface area (Å²) in [6.07, 6.45) is 5.06. The summed E-state index contributed by atoms with van der Waals surface area (Å²) in [5, 5.41) is 4.41. The monoisotopic (exact) mass is 270 g/mol. The third kappa shape index (κ3) is 2.45. The lowest BCUT2D eigenvalue weighted by molar-refractivity contribution is -0.121. The van der Waals surface area contributed by atoms with Crippen molar-refractivity contribution in [2.24, 2.45) is 5.92 Å². The Balaban J connectivity index is 1.74. The highest BCUT2D eigenvalue weighted by molar-refractivity contribution is 5.85. The van der Waals surface area contributed by atoms with Crippen molar-refractivity contribution in [1.29, 1.82) is 0 Å². The second kappa shape index (κ2) is 4.97. The quantitative estimate of drug-likeness (QED) is 0.859. The Kier molecular flexibility index (Phi) is 3.28. The first kappa shape index (κ1) is 13.2. The van der Waals surface area contributed by atoms with Gasteiger partial charge in [0.05, 0.1) is 0 Å². The third-order valence-corrected chi connectivity index (χ3v) is 4.23. The zero-order valence-corrected chi connectivity index (χ0v) is 12.2. The number of hydrogen-bond donors (Lipinski definition) is 2. The van der Waals surface area contributed by atoms with Gasteiger partial charge in [0, 0.05) is 35.5 Å². The molecule has 0 radical (unpaired) electrons. The van der Waals surface area contributed by atoms with Crippen LogP contribution in [0.2, 0.25) is 0 Å². The molecule has 1 heterocycles. The van der Waals surface area contributed by atoms with Gasteiger partial charge in [0.2, 0.25) is 5.91 Å². The van der Waals surface area contributed by atoms with Gasteiger partial charge in [-0.2, -0.15) is 0 Å².